The molecule has 3 aromatic carbocycles. The predicted molar refractivity (Wildman–Crippen MR) is 140 cm³/mol. The third-order valence-electron chi connectivity index (χ3n) is 8.04. The lowest BCUT2D eigenvalue weighted by molar-refractivity contribution is -0.137. The molecule has 0 saturated carbocycles. The molecule has 2 aliphatic rings. The van der Waals surface area contributed by atoms with E-state index in [9.17, 15) is 22.7 Å². The Morgan fingerprint density at radius 2 is 1.82 bits per heavy atom. The quantitative estimate of drug-likeness (QED) is 0.295. The Hall–Kier alpha value is -3.76. The molecule has 10 heteroatoms. The Labute approximate surface area is 228 Å². The van der Waals surface area contributed by atoms with Crippen LogP contribution in [0.15, 0.2) is 48.5 Å². The van der Waals surface area contributed by atoms with E-state index in [4.69, 9.17) is 14.2 Å². The van der Waals surface area contributed by atoms with Gasteiger partial charge in [-0.05, 0) is 72.0 Å². The highest BCUT2D eigenvalue weighted by atomic mass is 19.4. The number of aliphatic hydroxyl groups is 1. The number of rotatable bonds is 6. The van der Waals surface area contributed by atoms with Gasteiger partial charge in [0.1, 0.15) is 24.9 Å². The number of methoxy groups -OCH3 is 2. The number of alkyl halides is 3. The van der Waals surface area contributed by atoms with Crippen LogP contribution >= 0.6 is 0 Å². The van der Waals surface area contributed by atoms with E-state index in [0.717, 1.165) is 64.1 Å². The molecular formula is C30H28F4N2O4. The Balaban J connectivity index is 1.34. The summed E-state index contributed by atoms with van der Waals surface area (Å²) >= 11 is 0. The van der Waals surface area contributed by atoms with Crippen molar-refractivity contribution < 1.29 is 36.9 Å². The summed E-state index contributed by atoms with van der Waals surface area (Å²) < 4.78 is 72.2. The SMILES string of the molecule is COc1ccc2c(c1)c1c(n2CO)CN2CCc3cc(OC)c(OCc4ccc(C(F)(F)F)cc4F)cc3C2C1. The molecule has 40 heavy (non-hydrogen) atoms. The molecule has 0 spiro atoms. The molecule has 6 nitrogen and oxygen atoms in total. The first-order valence-electron chi connectivity index (χ1n) is 12.9. The molecule has 1 N–H and O–H groups in total. The van der Waals surface area contributed by atoms with Crippen molar-refractivity contribution in [3.8, 4) is 17.2 Å². The van der Waals surface area contributed by atoms with Gasteiger partial charge < -0.3 is 23.9 Å². The van der Waals surface area contributed by atoms with Gasteiger partial charge in [-0.2, -0.15) is 13.2 Å². The molecule has 3 heterocycles. The maximum atomic E-state index is 14.5. The molecule has 2 aliphatic heterocycles. The standard InChI is InChI=1S/C30H28F4N2O4/c1-38-20-5-6-25-22(11-20)23-12-26-21-13-29(40-15-18-3-4-19(10-24(18)31)30(32,33)34)28(39-2)9-17(21)7-8-35(26)14-27(23)36(25)16-37/h3-6,9-11,13,26,37H,7-8,12,14-16H2,1-2H3. The van der Waals surface area contributed by atoms with E-state index in [2.05, 4.69) is 4.90 Å². The normalized spacial score (nSPS) is 16.8. The average molecular weight is 557 g/mol. The van der Waals surface area contributed by atoms with Gasteiger partial charge in [0.25, 0.3) is 0 Å². The Bertz CT molecular complexity index is 1600. The second-order valence-corrected chi connectivity index (χ2v) is 10.1. The number of hydrogen-bond acceptors (Lipinski definition) is 5. The number of aromatic nitrogens is 1. The van der Waals surface area contributed by atoms with E-state index >= 15 is 0 Å². The highest BCUT2D eigenvalue weighted by Crippen LogP contribution is 2.45. The summed E-state index contributed by atoms with van der Waals surface area (Å²) in [4.78, 5) is 2.37. The summed E-state index contributed by atoms with van der Waals surface area (Å²) in [5, 5.41) is 11.2. The fourth-order valence-electron chi connectivity index (χ4n) is 6.00. The Morgan fingerprint density at radius 3 is 2.52 bits per heavy atom. The van der Waals surface area contributed by atoms with Gasteiger partial charge >= 0.3 is 6.18 Å². The molecule has 1 unspecified atom stereocenters. The van der Waals surface area contributed by atoms with Crippen LogP contribution in [0.25, 0.3) is 10.9 Å². The summed E-state index contributed by atoms with van der Waals surface area (Å²) in [6, 6.07) is 12.2. The molecular weight excluding hydrogens is 528 g/mol. The summed E-state index contributed by atoms with van der Waals surface area (Å²) in [5.74, 6) is 0.645. The molecule has 0 saturated heterocycles. The van der Waals surface area contributed by atoms with Gasteiger partial charge in [-0.1, -0.05) is 6.07 Å². The Kier molecular flexibility index (Phi) is 6.62. The first-order chi connectivity index (χ1) is 19.2. The molecule has 4 aromatic rings. The van der Waals surface area contributed by atoms with E-state index < -0.39 is 17.6 Å². The molecule has 0 bridgehead atoms. The van der Waals surface area contributed by atoms with Crippen LogP contribution in [0.3, 0.4) is 0 Å². The van der Waals surface area contributed by atoms with Crippen molar-refractivity contribution in [3.63, 3.8) is 0 Å². The average Bonchev–Trinajstić information content (AvgIpc) is 3.25. The maximum absolute atomic E-state index is 14.5. The van der Waals surface area contributed by atoms with Crippen molar-refractivity contribution in [1.29, 1.82) is 0 Å². The van der Waals surface area contributed by atoms with Crippen LogP contribution in [0.4, 0.5) is 17.6 Å². The third-order valence-corrected chi connectivity index (χ3v) is 8.04. The fraction of sp³-hybridized carbons (Fsp3) is 0.333. The van der Waals surface area contributed by atoms with Crippen molar-refractivity contribution >= 4 is 10.9 Å². The van der Waals surface area contributed by atoms with Crippen LogP contribution in [-0.4, -0.2) is 35.3 Å². The van der Waals surface area contributed by atoms with Gasteiger partial charge in [0.15, 0.2) is 11.5 Å². The minimum absolute atomic E-state index is 0.0162. The molecule has 6 rings (SSSR count). The van der Waals surface area contributed by atoms with E-state index in [1.165, 1.54) is 7.11 Å². The number of aliphatic hydroxyl groups excluding tert-OH is 1. The second kappa shape index (κ2) is 10.0. The highest BCUT2D eigenvalue weighted by Gasteiger charge is 2.36. The maximum Gasteiger partial charge on any atom is 0.416 e. The molecule has 1 aromatic heterocycles. The van der Waals surface area contributed by atoms with E-state index in [1.54, 1.807) is 7.11 Å². The van der Waals surface area contributed by atoms with Gasteiger partial charge in [-0.3, -0.25) is 4.90 Å². The molecule has 0 radical (unpaired) electrons. The summed E-state index contributed by atoms with van der Waals surface area (Å²) in [5.41, 5.74) is 4.34. The molecule has 0 amide bonds. The fourth-order valence-corrected chi connectivity index (χ4v) is 6.00. The van der Waals surface area contributed by atoms with Crippen molar-refractivity contribution in [3.05, 3.63) is 87.9 Å². The van der Waals surface area contributed by atoms with Crippen molar-refractivity contribution in [2.75, 3.05) is 20.8 Å². The van der Waals surface area contributed by atoms with Gasteiger partial charge in [0.05, 0.1) is 25.3 Å². The summed E-state index contributed by atoms with van der Waals surface area (Å²) in [6.07, 6.45) is -3.13. The molecule has 0 aliphatic carbocycles. The lowest BCUT2D eigenvalue weighted by Crippen LogP contribution is -2.39. The van der Waals surface area contributed by atoms with Crippen molar-refractivity contribution in [2.24, 2.45) is 0 Å². The zero-order valence-corrected chi connectivity index (χ0v) is 22.0. The van der Waals surface area contributed by atoms with Crippen LogP contribution in [0.2, 0.25) is 0 Å². The number of ether oxygens (including phenoxy) is 3. The Morgan fingerprint density at radius 1 is 1.00 bits per heavy atom. The number of halogens is 4. The largest absolute Gasteiger partial charge is 0.497 e. The van der Waals surface area contributed by atoms with E-state index in [-0.39, 0.29) is 24.9 Å². The van der Waals surface area contributed by atoms with Crippen molar-refractivity contribution in [1.82, 2.24) is 9.47 Å². The highest BCUT2D eigenvalue weighted by molar-refractivity contribution is 5.87. The molecule has 1 atom stereocenters. The second-order valence-electron chi connectivity index (χ2n) is 10.1. The minimum atomic E-state index is -4.62. The van der Waals surface area contributed by atoms with Gasteiger partial charge in [-0.15, -0.1) is 0 Å². The van der Waals surface area contributed by atoms with Gasteiger partial charge in [0, 0.05) is 35.8 Å². The monoisotopic (exact) mass is 556 g/mol. The van der Waals surface area contributed by atoms with Crippen LogP contribution in [0, 0.1) is 5.82 Å². The first-order valence-corrected chi connectivity index (χ1v) is 12.9. The number of hydrogen-bond donors (Lipinski definition) is 1. The van der Waals surface area contributed by atoms with Gasteiger partial charge in [-0.25, -0.2) is 4.39 Å². The summed E-state index contributed by atoms with van der Waals surface area (Å²) in [6.45, 7) is 1.12. The smallest absolute Gasteiger partial charge is 0.416 e. The van der Waals surface area contributed by atoms with Crippen LogP contribution < -0.4 is 14.2 Å². The third kappa shape index (κ3) is 4.45. The predicted octanol–water partition coefficient (Wildman–Crippen LogP) is 6.00. The minimum Gasteiger partial charge on any atom is -0.497 e. The number of benzene rings is 3. The van der Waals surface area contributed by atoms with E-state index in [1.807, 2.05) is 34.9 Å². The van der Waals surface area contributed by atoms with Gasteiger partial charge in [0.2, 0.25) is 0 Å². The van der Waals surface area contributed by atoms with Crippen LogP contribution in [-0.2, 0) is 38.9 Å². The topological polar surface area (TPSA) is 56.1 Å². The number of nitrogens with zero attached hydrogens (tertiary/aromatic N) is 2. The zero-order chi connectivity index (χ0) is 28.2. The molecule has 0 fully saturated rings. The lowest BCUT2D eigenvalue weighted by atomic mass is 9.85. The van der Waals surface area contributed by atoms with Crippen LogP contribution in [0.1, 0.15) is 39.6 Å². The molecule has 210 valence electrons. The van der Waals surface area contributed by atoms with E-state index in [0.29, 0.717) is 30.5 Å². The van der Waals surface area contributed by atoms with Crippen LogP contribution in [0.5, 0.6) is 17.2 Å². The zero-order valence-electron chi connectivity index (χ0n) is 22.0. The lowest BCUT2D eigenvalue weighted by Gasteiger charge is -2.41. The first kappa shape index (κ1) is 26.5. The summed E-state index contributed by atoms with van der Waals surface area (Å²) in [7, 11) is 3.15. The van der Waals surface area contributed by atoms with Crippen molar-refractivity contribution in [2.45, 2.75) is 44.9 Å². The number of fused-ring (bicyclic) bond motifs is 6.